The number of rotatable bonds is 4. The Bertz CT molecular complexity index is 1050. The Morgan fingerprint density at radius 3 is 2.75 bits per heavy atom. The summed E-state index contributed by atoms with van der Waals surface area (Å²) in [6.45, 7) is 0.640. The van der Waals surface area contributed by atoms with Gasteiger partial charge in [-0.05, 0) is 24.8 Å². The van der Waals surface area contributed by atoms with Crippen LogP contribution in [0.4, 0.5) is 17.3 Å². The van der Waals surface area contributed by atoms with E-state index >= 15 is 0 Å². The van der Waals surface area contributed by atoms with Gasteiger partial charge in [0.2, 0.25) is 5.96 Å². The normalized spacial score (nSPS) is 17.4. The number of para-hydroxylation sites is 1. The summed E-state index contributed by atoms with van der Waals surface area (Å²) in [4.78, 5) is 8.83. The SMILES string of the molecule is N#CNC1=NC(c2ccccc2OCC2CC2)c2c(nc(N)c(C#N)c2N)N1. The zero-order chi connectivity index (χ0) is 19.7. The van der Waals surface area contributed by atoms with Gasteiger partial charge in [-0.3, -0.25) is 5.32 Å². The van der Waals surface area contributed by atoms with Crippen LogP contribution in [0.25, 0.3) is 0 Å². The molecule has 1 atom stereocenters. The van der Waals surface area contributed by atoms with Crippen LogP contribution in [0.2, 0.25) is 0 Å². The van der Waals surface area contributed by atoms with Crippen LogP contribution < -0.4 is 26.8 Å². The van der Waals surface area contributed by atoms with Crippen molar-refractivity contribution in [2.75, 3.05) is 23.4 Å². The largest absolute Gasteiger partial charge is 0.493 e. The second-order valence-corrected chi connectivity index (χ2v) is 6.69. The predicted molar refractivity (Wildman–Crippen MR) is 104 cm³/mol. The van der Waals surface area contributed by atoms with Crippen molar-refractivity contribution in [2.45, 2.75) is 18.9 Å². The Balaban J connectivity index is 1.85. The standard InChI is InChI=1S/C19H18N8O/c20-7-12-15(22)14-16(25-19(24-9-21)27-18(14)26-17(12)23)11-3-1-2-4-13(11)28-8-10-5-6-10/h1-4,10,16H,5-6,8H2,(H6,22,23,24,25,26,27). The van der Waals surface area contributed by atoms with Gasteiger partial charge in [-0.2, -0.15) is 10.5 Å². The molecule has 6 N–H and O–H groups in total. The minimum Gasteiger partial charge on any atom is -0.493 e. The highest BCUT2D eigenvalue weighted by Crippen LogP contribution is 2.43. The molecule has 2 aromatic rings. The van der Waals surface area contributed by atoms with Crippen molar-refractivity contribution in [1.82, 2.24) is 10.3 Å². The van der Waals surface area contributed by atoms with Crippen LogP contribution >= 0.6 is 0 Å². The van der Waals surface area contributed by atoms with Crippen LogP contribution in [0.5, 0.6) is 5.75 Å². The maximum atomic E-state index is 9.41. The Hall–Kier alpha value is -3.98. The van der Waals surface area contributed by atoms with Crippen molar-refractivity contribution < 1.29 is 4.74 Å². The highest BCUT2D eigenvalue weighted by atomic mass is 16.5. The van der Waals surface area contributed by atoms with E-state index in [1.165, 1.54) is 12.8 Å². The lowest BCUT2D eigenvalue weighted by Gasteiger charge is -2.27. The minimum atomic E-state index is -0.609. The fraction of sp³-hybridized carbons (Fsp3) is 0.263. The lowest BCUT2D eigenvalue weighted by Crippen LogP contribution is -2.33. The Morgan fingerprint density at radius 1 is 1.25 bits per heavy atom. The third kappa shape index (κ3) is 3.10. The molecule has 4 rings (SSSR count). The molecule has 28 heavy (non-hydrogen) atoms. The summed E-state index contributed by atoms with van der Waals surface area (Å²) in [6.07, 6.45) is 4.19. The number of nitrogens with two attached hydrogens (primary N) is 2. The number of nitrogens with one attached hydrogen (secondary N) is 2. The second kappa shape index (κ2) is 6.97. The molecule has 140 valence electrons. The number of nitrogens with zero attached hydrogens (tertiary/aromatic N) is 4. The predicted octanol–water partition coefficient (Wildman–Crippen LogP) is 1.85. The first-order chi connectivity index (χ1) is 13.6. The molecule has 9 heteroatoms. The summed E-state index contributed by atoms with van der Waals surface area (Å²) < 4.78 is 6.02. The first-order valence-electron chi connectivity index (χ1n) is 8.83. The van der Waals surface area contributed by atoms with E-state index in [-0.39, 0.29) is 23.0 Å². The van der Waals surface area contributed by atoms with Gasteiger partial charge in [-0.1, -0.05) is 18.2 Å². The van der Waals surface area contributed by atoms with E-state index in [1.807, 2.05) is 36.5 Å². The number of fused-ring (bicyclic) bond motifs is 1. The van der Waals surface area contributed by atoms with Crippen molar-refractivity contribution in [3.05, 3.63) is 41.0 Å². The molecule has 0 saturated heterocycles. The highest BCUT2D eigenvalue weighted by Gasteiger charge is 2.31. The van der Waals surface area contributed by atoms with Crippen molar-refractivity contribution in [3.63, 3.8) is 0 Å². The number of aliphatic imine (C=N–C) groups is 1. The zero-order valence-corrected chi connectivity index (χ0v) is 14.9. The number of aromatic nitrogens is 1. The smallest absolute Gasteiger partial charge is 0.211 e. The first-order valence-corrected chi connectivity index (χ1v) is 8.83. The molecule has 1 aromatic carbocycles. The third-order valence-electron chi connectivity index (χ3n) is 4.74. The van der Waals surface area contributed by atoms with E-state index in [1.54, 1.807) is 0 Å². The van der Waals surface area contributed by atoms with Gasteiger partial charge in [0.25, 0.3) is 0 Å². The summed E-state index contributed by atoms with van der Waals surface area (Å²) in [5.41, 5.74) is 13.7. The van der Waals surface area contributed by atoms with Crippen molar-refractivity contribution in [2.24, 2.45) is 10.9 Å². The summed E-state index contributed by atoms with van der Waals surface area (Å²) in [5, 5.41) is 23.8. The minimum absolute atomic E-state index is 0.0153. The van der Waals surface area contributed by atoms with Gasteiger partial charge >= 0.3 is 0 Å². The van der Waals surface area contributed by atoms with Crippen molar-refractivity contribution in [1.29, 1.82) is 10.5 Å². The lowest BCUT2D eigenvalue weighted by molar-refractivity contribution is 0.296. The van der Waals surface area contributed by atoms with E-state index < -0.39 is 6.04 Å². The number of nitriles is 2. The van der Waals surface area contributed by atoms with Gasteiger partial charge in [0, 0.05) is 11.1 Å². The molecule has 0 amide bonds. The number of nitrogen functional groups attached to an aromatic ring is 2. The molecule has 1 unspecified atom stereocenters. The highest BCUT2D eigenvalue weighted by molar-refractivity contribution is 5.98. The van der Waals surface area contributed by atoms with Gasteiger partial charge in [0.1, 0.15) is 35.1 Å². The van der Waals surface area contributed by atoms with E-state index in [0.29, 0.717) is 29.7 Å². The summed E-state index contributed by atoms with van der Waals surface area (Å²) >= 11 is 0. The van der Waals surface area contributed by atoms with Crippen LogP contribution in [0.3, 0.4) is 0 Å². The second-order valence-electron chi connectivity index (χ2n) is 6.69. The average Bonchev–Trinajstić information content (AvgIpc) is 3.51. The van der Waals surface area contributed by atoms with Crippen LogP contribution in [0, 0.1) is 28.7 Å². The fourth-order valence-electron chi connectivity index (χ4n) is 3.14. The van der Waals surface area contributed by atoms with E-state index in [9.17, 15) is 5.26 Å². The number of hydrogen-bond acceptors (Lipinski definition) is 9. The molecule has 1 aliphatic heterocycles. The quantitative estimate of drug-likeness (QED) is 0.466. The van der Waals surface area contributed by atoms with E-state index in [4.69, 9.17) is 21.5 Å². The summed E-state index contributed by atoms with van der Waals surface area (Å²) in [7, 11) is 0. The Morgan fingerprint density at radius 2 is 2.04 bits per heavy atom. The van der Waals surface area contributed by atoms with E-state index in [2.05, 4.69) is 20.6 Å². The van der Waals surface area contributed by atoms with E-state index in [0.717, 1.165) is 5.56 Å². The number of guanidine groups is 1. The number of anilines is 3. The molecule has 2 heterocycles. The first kappa shape index (κ1) is 17.4. The number of pyridine rings is 1. The monoisotopic (exact) mass is 374 g/mol. The van der Waals surface area contributed by atoms with Gasteiger partial charge in [0.15, 0.2) is 6.19 Å². The summed E-state index contributed by atoms with van der Waals surface area (Å²) in [6, 6.07) is 8.91. The van der Waals surface area contributed by atoms with Crippen LogP contribution in [0.1, 0.15) is 35.6 Å². The molecule has 0 bridgehead atoms. The number of hydrogen-bond donors (Lipinski definition) is 4. The lowest BCUT2D eigenvalue weighted by atomic mass is 9.94. The third-order valence-corrected chi connectivity index (χ3v) is 4.74. The van der Waals surface area contributed by atoms with Crippen LogP contribution in [-0.4, -0.2) is 17.6 Å². The fourth-order valence-corrected chi connectivity index (χ4v) is 3.14. The van der Waals surface area contributed by atoms with Crippen molar-refractivity contribution in [3.8, 4) is 18.0 Å². The Kier molecular flexibility index (Phi) is 4.34. The van der Waals surface area contributed by atoms with Gasteiger partial charge in [0.05, 0.1) is 12.3 Å². The number of ether oxygens (including phenoxy) is 1. The molecular formula is C19H18N8O. The molecule has 1 saturated carbocycles. The number of benzene rings is 1. The molecule has 1 aromatic heterocycles. The van der Waals surface area contributed by atoms with Gasteiger partial charge in [-0.15, -0.1) is 0 Å². The van der Waals surface area contributed by atoms with Gasteiger partial charge in [-0.25, -0.2) is 9.98 Å². The molecule has 0 radical (unpaired) electrons. The Labute approximate surface area is 161 Å². The molecule has 9 nitrogen and oxygen atoms in total. The van der Waals surface area contributed by atoms with Crippen LogP contribution in [0.15, 0.2) is 29.3 Å². The molecule has 1 fully saturated rings. The molecule has 1 aliphatic carbocycles. The molecule has 0 spiro atoms. The molecular weight excluding hydrogens is 356 g/mol. The maximum Gasteiger partial charge on any atom is 0.211 e. The zero-order valence-electron chi connectivity index (χ0n) is 14.9. The average molecular weight is 374 g/mol. The van der Waals surface area contributed by atoms with Crippen LogP contribution in [-0.2, 0) is 0 Å². The van der Waals surface area contributed by atoms with Gasteiger partial charge < -0.3 is 21.5 Å². The van der Waals surface area contributed by atoms with Crippen molar-refractivity contribution >= 4 is 23.3 Å². The summed E-state index contributed by atoms with van der Waals surface area (Å²) in [5.74, 6) is 1.85. The molecule has 2 aliphatic rings. The topological polar surface area (TPSA) is 158 Å². The maximum absolute atomic E-state index is 9.41.